The predicted octanol–water partition coefficient (Wildman–Crippen LogP) is 4.10. The van der Waals surface area contributed by atoms with Gasteiger partial charge in [0.15, 0.2) is 17.2 Å². The van der Waals surface area contributed by atoms with Gasteiger partial charge in [-0.05, 0) is 36.4 Å². The number of hydrogen-bond acceptors (Lipinski definition) is 6. The van der Waals surface area contributed by atoms with Crippen LogP contribution in [0, 0.1) is 35.5 Å². The van der Waals surface area contributed by atoms with Crippen molar-refractivity contribution in [1.82, 2.24) is 15.0 Å². The molecular formula is C30H21N3O3. The van der Waals surface area contributed by atoms with Gasteiger partial charge in [0.05, 0.1) is 21.3 Å². The lowest BCUT2D eigenvalue weighted by molar-refractivity contribution is 0.370. The Morgan fingerprint density at radius 3 is 0.889 bits per heavy atom. The maximum Gasteiger partial charge on any atom is 0.157 e. The normalized spacial score (nSPS) is 9.42. The summed E-state index contributed by atoms with van der Waals surface area (Å²) >= 11 is 0. The van der Waals surface area contributed by atoms with Crippen LogP contribution >= 0.6 is 0 Å². The molecule has 0 aliphatic heterocycles. The van der Waals surface area contributed by atoms with Crippen molar-refractivity contribution in [2.75, 3.05) is 21.3 Å². The summed E-state index contributed by atoms with van der Waals surface area (Å²) in [6, 6.07) is 10.9. The van der Waals surface area contributed by atoms with E-state index in [1.54, 1.807) is 58.5 Å². The van der Waals surface area contributed by atoms with Crippen LogP contribution in [0.25, 0.3) is 0 Å². The molecule has 0 bridgehead atoms. The van der Waals surface area contributed by atoms with Crippen LogP contribution in [-0.2, 0) is 0 Å². The zero-order valence-electron chi connectivity index (χ0n) is 20.0. The Labute approximate surface area is 210 Å². The molecule has 0 saturated carbocycles. The molecule has 0 unspecified atom stereocenters. The molecule has 0 spiro atoms. The summed E-state index contributed by atoms with van der Waals surface area (Å²) in [7, 11) is 4.68. The summed E-state index contributed by atoms with van der Waals surface area (Å²) in [5.41, 5.74) is 3.90. The highest BCUT2D eigenvalue weighted by Gasteiger charge is 2.24. The standard InChI is InChI=1S/C30H21N3O3/c1-34-28-25(7-4-22-10-16-31-17-11-22)29(35-2)27(9-6-24-14-20-33-21-15-24)30(36-3)26(28)8-5-23-12-18-32-19-13-23/h10-21H,1-3H3. The Balaban J connectivity index is 2.01. The highest BCUT2D eigenvalue weighted by molar-refractivity contribution is 5.76. The number of benzene rings is 1. The van der Waals surface area contributed by atoms with Gasteiger partial charge in [-0.25, -0.2) is 0 Å². The van der Waals surface area contributed by atoms with E-state index in [9.17, 15) is 0 Å². The first-order valence-corrected chi connectivity index (χ1v) is 10.9. The van der Waals surface area contributed by atoms with Crippen LogP contribution in [0.1, 0.15) is 33.4 Å². The van der Waals surface area contributed by atoms with Crippen molar-refractivity contribution in [2.45, 2.75) is 0 Å². The first-order valence-electron chi connectivity index (χ1n) is 10.9. The SMILES string of the molecule is COc1c(C#Cc2ccncc2)c(OC)c(C#Cc2ccncc2)c(OC)c1C#Cc1ccncc1. The van der Waals surface area contributed by atoms with Crippen molar-refractivity contribution >= 4 is 0 Å². The van der Waals surface area contributed by atoms with Crippen LogP contribution in [0.15, 0.2) is 73.6 Å². The molecule has 0 amide bonds. The Kier molecular flexibility index (Phi) is 7.80. The molecule has 0 saturated heterocycles. The van der Waals surface area contributed by atoms with Gasteiger partial charge in [0, 0.05) is 53.9 Å². The van der Waals surface area contributed by atoms with Gasteiger partial charge in [0.2, 0.25) is 0 Å². The Hall–Kier alpha value is -5.25. The maximum atomic E-state index is 5.81. The molecule has 0 N–H and O–H groups in total. The predicted molar refractivity (Wildman–Crippen MR) is 137 cm³/mol. The fraction of sp³-hybridized carbons (Fsp3) is 0.100. The van der Waals surface area contributed by atoms with E-state index >= 15 is 0 Å². The molecule has 6 nitrogen and oxygen atoms in total. The second-order valence-corrected chi connectivity index (χ2v) is 7.18. The van der Waals surface area contributed by atoms with Gasteiger partial charge in [-0.1, -0.05) is 35.5 Å². The van der Waals surface area contributed by atoms with Crippen LogP contribution in [0.4, 0.5) is 0 Å². The summed E-state index contributed by atoms with van der Waals surface area (Å²) < 4.78 is 17.4. The van der Waals surface area contributed by atoms with E-state index in [-0.39, 0.29) is 0 Å². The number of methoxy groups -OCH3 is 3. The number of nitrogens with zero attached hydrogens (tertiary/aromatic N) is 3. The van der Waals surface area contributed by atoms with Gasteiger partial charge in [-0.2, -0.15) is 0 Å². The van der Waals surface area contributed by atoms with Crippen molar-refractivity contribution in [3.05, 3.63) is 107 Å². The van der Waals surface area contributed by atoms with E-state index in [2.05, 4.69) is 50.5 Å². The average molecular weight is 472 g/mol. The molecule has 36 heavy (non-hydrogen) atoms. The summed E-state index contributed by atoms with van der Waals surface area (Å²) in [5, 5.41) is 0. The highest BCUT2D eigenvalue weighted by atomic mass is 16.5. The van der Waals surface area contributed by atoms with Gasteiger partial charge in [0.1, 0.15) is 16.7 Å². The number of ether oxygens (including phenoxy) is 3. The second kappa shape index (κ2) is 11.7. The number of hydrogen-bond donors (Lipinski definition) is 0. The number of rotatable bonds is 3. The third kappa shape index (κ3) is 5.45. The summed E-state index contributed by atoms with van der Waals surface area (Å²) in [6.45, 7) is 0. The van der Waals surface area contributed by atoms with Crippen molar-refractivity contribution in [2.24, 2.45) is 0 Å². The van der Waals surface area contributed by atoms with Crippen LogP contribution in [-0.4, -0.2) is 36.3 Å². The van der Waals surface area contributed by atoms with E-state index in [1.807, 2.05) is 36.4 Å². The second-order valence-electron chi connectivity index (χ2n) is 7.18. The summed E-state index contributed by atoms with van der Waals surface area (Å²) in [6.07, 6.45) is 10.1. The van der Waals surface area contributed by atoms with Crippen molar-refractivity contribution < 1.29 is 14.2 Å². The van der Waals surface area contributed by atoms with Gasteiger partial charge >= 0.3 is 0 Å². The minimum Gasteiger partial charge on any atom is -0.494 e. The van der Waals surface area contributed by atoms with E-state index in [0.29, 0.717) is 33.9 Å². The lowest BCUT2D eigenvalue weighted by Gasteiger charge is -2.17. The molecule has 4 aromatic rings. The molecular weight excluding hydrogens is 450 g/mol. The minimum absolute atomic E-state index is 0.432. The van der Waals surface area contributed by atoms with E-state index in [1.165, 1.54) is 0 Å². The maximum absolute atomic E-state index is 5.81. The van der Waals surface area contributed by atoms with Crippen LogP contribution in [0.5, 0.6) is 17.2 Å². The Morgan fingerprint density at radius 2 is 0.667 bits per heavy atom. The van der Waals surface area contributed by atoms with E-state index in [0.717, 1.165) is 16.7 Å². The molecule has 4 rings (SSSR count). The Morgan fingerprint density at radius 1 is 0.417 bits per heavy atom. The zero-order valence-corrected chi connectivity index (χ0v) is 20.0. The van der Waals surface area contributed by atoms with Crippen LogP contribution in [0.3, 0.4) is 0 Å². The molecule has 0 radical (unpaired) electrons. The first kappa shape index (κ1) is 23.9. The number of aromatic nitrogens is 3. The number of pyridine rings is 3. The van der Waals surface area contributed by atoms with Gasteiger partial charge in [0.25, 0.3) is 0 Å². The summed E-state index contributed by atoms with van der Waals surface area (Å²) in [4.78, 5) is 12.1. The molecule has 3 aromatic heterocycles. The molecule has 0 fully saturated rings. The molecule has 3 heterocycles. The van der Waals surface area contributed by atoms with Crippen molar-refractivity contribution in [3.8, 4) is 52.8 Å². The molecule has 1 aromatic carbocycles. The lowest BCUT2D eigenvalue weighted by Crippen LogP contribution is -2.04. The van der Waals surface area contributed by atoms with Crippen LogP contribution in [0.2, 0.25) is 0 Å². The zero-order chi connectivity index (χ0) is 25.2. The van der Waals surface area contributed by atoms with Gasteiger partial charge in [-0.3, -0.25) is 15.0 Å². The third-order valence-corrected chi connectivity index (χ3v) is 5.01. The van der Waals surface area contributed by atoms with E-state index in [4.69, 9.17) is 14.2 Å². The Bertz CT molecular complexity index is 1320. The van der Waals surface area contributed by atoms with Crippen molar-refractivity contribution in [3.63, 3.8) is 0 Å². The highest BCUT2D eigenvalue weighted by Crippen LogP contribution is 2.42. The average Bonchev–Trinajstić information content (AvgIpc) is 2.94. The fourth-order valence-electron chi connectivity index (χ4n) is 3.35. The summed E-state index contributed by atoms with van der Waals surface area (Å²) in [5.74, 6) is 20.3. The lowest BCUT2D eigenvalue weighted by atomic mass is 9.99. The third-order valence-electron chi connectivity index (χ3n) is 5.01. The monoisotopic (exact) mass is 471 g/mol. The molecule has 174 valence electrons. The topological polar surface area (TPSA) is 66.4 Å². The quantitative estimate of drug-likeness (QED) is 0.419. The first-order chi connectivity index (χ1) is 17.7. The molecule has 0 aliphatic rings. The molecule has 0 atom stereocenters. The largest absolute Gasteiger partial charge is 0.494 e. The van der Waals surface area contributed by atoms with Gasteiger partial charge < -0.3 is 14.2 Å². The minimum atomic E-state index is 0.432. The smallest absolute Gasteiger partial charge is 0.157 e. The van der Waals surface area contributed by atoms with Gasteiger partial charge in [-0.15, -0.1) is 0 Å². The molecule has 6 heteroatoms. The van der Waals surface area contributed by atoms with Crippen molar-refractivity contribution in [1.29, 1.82) is 0 Å². The fourth-order valence-corrected chi connectivity index (χ4v) is 3.35. The van der Waals surface area contributed by atoms with Crippen LogP contribution < -0.4 is 14.2 Å². The molecule has 0 aliphatic carbocycles. The van der Waals surface area contributed by atoms with E-state index < -0.39 is 0 Å².